The summed E-state index contributed by atoms with van der Waals surface area (Å²) in [5.41, 5.74) is 0. The summed E-state index contributed by atoms with van der Waals surface area (Å²) in [6, 6.07) is 0. The van der Waals surface area contributed by atoms with E-state index in [-0.39, 0.29) is 11.6 Å². The molecule has 2 unspecified atom stereocenters. The molecule has 0 fully saturated rings. The first-order chi connectivity index (χ1) is 23.1. The maximum absolute atomic E-state index is 13.1. The summed E-state index contributed by atoms with van der Waals surface area (Å²) in [6.45, 7) is 8.76. The third-order valence-corrected chi connectivity index (χ3v) is 9.52. The molecule has 0 radical (unpaired) electrons. The fourth-order valence-corrected chi connectivity index (χ4v) is 6.39. The first-order valence-electron chi connectivity index (χ1n) is 21.1. The highest BCUT2D eigenvalue weighted by Crippen LogP contribution is 2.19. The zero-order valence-electron chi connectivity index (χ0n) is 32.3. The van der Waals surface area contributed by atoms with Gasteiger partial charge in [-0.1, -0.05) is 168 Å². The van der Waals surface area contributed by atoms with Gasteiger partial charge in [0.25, 0.3) is 0 Å². The molecule has 2 atom stereocenters. The third kappa shape index (κ3) is 31.8. The Bertz CT molecular complexity index is 664. The van der Waals surface area contributed by atoms with E-state index in [0.29, 0.717) is 12.8 Å². The Labute approximate surface area is 294 Å². The fourth-order valence-electron chi connectivity index (χ4n) is 6.39. The molecule has 0 heterocycles. The molecule has 0 aliphatic carbocycles. The molecule has 0 spiro atoms. The topological polar surface area (TPSA) is 43.4 Å². The molecule has 3 heteroatoms. The number of unbranched alkanes of at least 4 members (excludes halogenated alkanes) is 22. The van der Waals surface area contributed by atoms with Crippen molar-refractivity contribution in [1.29, 1.82) is 0 Å². The average Bonchev–Trinajstić information content (AvgIpc) is 3.07. The largest absolute Gasteiger partial charge is 0.359 e. The number of ketones is 2. The lowest BCUT2D eigenvalue weighted by molar-refractivity contribution is -0.144. The molecule has 0 saturated heterocycles. The number of carbonyl (C=O) groups is 2. The Balaban J connectivity index is 4.06. The van der Waals surface area contributed by atoms with Gasteiger partial charge in [-0.25, -0.2) is 0 Å². The van der Waals surface area contributed by atoms with Crippen LogP contribution < -0.4 is 0 Å². The van der Waals surface area contributed by atoms with Gasteiger partial charge in [-0.15, -0.1) is 0 Å². The average molecular weight is 659 g/mol. The molecule has 0 bridgehead atoms. The minimum Gasteiger partial charge on any atom is -0.359 e. The number of hydrogen-bond donors (Lipinski definition) is 0. The summed E-state index contributed by atoms with van der Waals surface area (Å²) >= 11 is 0. The lowest BCUT2D eigenvalue weighted by Gasteiger charge is -2.23. The Kier molecular flexibility index (Phi) is 36.6. The van der Waals surface area contributed by atoms with Crippen LogP contribution in [0.3, 0.4) is 0 Å². The highest BCUT2D eigenvalue weighted by molar-refractivity contribution is 5.85. The lowest BCUT2D eigenvalue weighted by atomic mass is 10.00. The van der Waals surface area contributed by atoms with Gasteiger partial charge in [0.2, 0.25) is 0 Å². The van der Waals surface area contributed by atoms with Crippen molar-refractivity contribution >= 4 is 11.6 Å². The summed E-state index contributed by atoms with van der Waals surface area (Å²) in [6.07, 6.45) is 45.9. The van der Waals surface area contributed by atoms with E-state index in [0.717, 1.165) is 51.4 Å². The molecule has 47 heavy (non-hydrogen) atoms. The van der Waals surface area contributed by atoms with Crippen LogP contribution in [0, 0.1) is 0 Å². The van der Waals surface area contributed by atoms with E-state index in [9.17, 15) is 9.59 Å². The molecular formula is C44H82O3. The summed E-state index contributed by atoms with van der Waals surface area (Å²) < 4.78 is 6.29. The van der Waals surface area contributed by atoms with E-state index in [1.54, 1.807) is 0 Å². The van der Waals surface area contributed by atoms with E-state index in [1.807, 2.05) is 0 Å². The van der Waals surface area contributed by atoms with Crippen LogP contribution in [0.15, 0.2) is 24.3 Å². The Hall–Kier alpha value is -1.22. The molecule has 0 aromatic heterocycles. The summed E-state index contributed by atoms with van der Waals surface area (Å²) in [4.78, 5) is 26.2. The van der Waals surface area contributed by atoms with Crippen LogP contribution in [0.5, 0.6) is 0 Å². The third-order valence-electron chi connectivity index (χ3n) is 9.52. The van der Waals surface area contributed by atoms with Crippen molar-refractivity contribution in [1.82, 2.24) is 0 Å². The van der Waals surface area contributed by atoms with Crippen LogP contribution in [0.1, 0.15) is 233 Å². The second-order valence-corrected chi connectivity index (χ2v) is 14.3. The molecule has 0 amide bonds. The molecule has 0 aliphatic rings. The number of rotatable bonds is 38. The van der Waals surface area contributed by atoms with Crippen molar-refractivity contribution in [2.45, 2.75) is 245 Å². The Morgan fingerprint density at radius 3 is 0.957 bits per heavy atom. The summed E-state index contributed by atoms with van der Waals surface area (Å²) in [7, 11) is 0. The maximum atomic E-state index is 13.1. The zero-order valence-corrected chi connectivity index (χ0v) is 32.3. The predicted molar refractivity (Wildman–Crippen MR) is 207 cm³/mol. The molecule has 0 N–H and O–H groups in total. The molecule has 3 nitrogen and oxygen atoms in total. The van der Waals surface area contributed by atoms with Gasteiger partial charge in [-0.3, -0.25) is 9.59 Å². The van der Waals surface area contributed by atoms with Gasteiger partial charge >= 0.3 is 0 Å². The number of Topliss-reactive ketones (excluding diaryl/α,β-unsaturated/α-hetero) is 2. The van der Waals surface area contributed by atoms with E-state index >= 15 is 0 Å². The van der Waals surface area contributed by atoms with Crippen molar-refractivity contribution in [2.75, 3.05) is 0 Å². The van der Waals surface area contributed by atoms with Crippen LogP contribution in [0.25, 0.3) is 0 Å². The molecular weight excluding hydrogens is 576 g/mol. The Morgan fingerprint density at radius 2 is 0.660 bits per heavy atom. The van der Waals surface area contributed by atoms with Crippen LogP contribution in [-0.2, 0) is 14.3 Å². The predicted octanol–water partition coefficient (Wildman–Crippen LogP) is 14.6. The normalized spacial score (nSPS) is 13.2. The SMILES string of the molecule is CCCCCCCCC=CCCCCCCCC(=O)C(CCC)OC(CCC)C(=O)CCCCCCCC=CCCCCCCCC. The highest BCUT2D eigenvalue weighted by Gasteiger charge is 2.26. The first-order valence-corrected chi connectivity index (χ1v) is 21.1. The highest BCUT2D eigenvalue weighted by atomic mass is 16.5. The molecule has 0 aliphatic heterocycles. The second kappa shape index (κ2) is 37.6. The second-order valence-electron chi connectivity index (χ2n) is 14.3. The quantitative estimate of drug-likeness (QED) is 0.0490. The minimum atomic E-state index is -0.411. The summed E-state index contributed by atoms with van der Waals surface area (Å²) in [5, 5.41) is 0. The van der Waals surface area contributed by atoms with Gasteiger partial charge in [-0.2, -0.15) is 0 Å². The van der Waals surface area contributed by atoms with E-state index in [1.165, 1.54) is 141 Å². The lowest BCUT2D eigenvalue weighted by Crippen LogP contribution is -2.34. The van der Waals surface area contributed by atoms with Crippen LogP contribution in [0.2, 0.25) is 0 Å². The van der Waals surface area contributed by atoms with Gasteiger partial charge in [0.1, 0.15) is 12.2 Å². The molecule has 276 valence electrons. The van der Waals surface area contributed by atoms with Crippen molar-refractivity contribution in [2.24, 2.45) is 0 Å². The molecule has 0 aromatic carbocycles. The summed E-state index contributed by atoms with van der Waals surface area (Å²) in [5.74, 6) is 0.416. The van der Waals surface area contributed by atoms with E-state index < -0.39 is 12.2 Å². The minimum absolute atomic E-state index is 0.208. The van der Waals surface area contributed by atoms with Gasteiger partial charge < -0.3 is 4.74 Å². The fraction of sp³-hybridized carbons (Fsp3) is 0.864. The number of allylic oxidation sites excluding steroid dienone is 4. The Morgan fingerprint density at radius 1 is 0.383 bits per heavy atom. The van der Waals surface area contributed by atoms with E-state index in [4.69, 9.17) is 4.74 Å². The van der Waals surface area contributed by atoms with Crippen molar-refractivity contribution in [3.63, 3.8) is 0 Å². The molecule has 0 aromatic rings. The van der Waals surface area contributed by atoms with Crippen molar-refractivity contribution in [3.05, 3.63) is 24.3 Å². The van der Waals surface area contributed by atoms with Crippen LogP contribution >= 0.6 is 0 Å². The smallest absolute Gasteiger partial charge is 0.161 e. The van der Waals surface area contributed by atoms with E-state index in [2.05, 4.69) is 52.0 Å². The zero-order chi connectivity index (χ0) is 34.5. The standard InChI is InChI=1S/C44H82O3/c1-5-9-11-13-15-17-19-21-23-25-27-29-31-33-35-39-41(45)43(37-7-3)47-44(38-8-4)42(46)40-36-34-32-30-28-26-24-22-20-18-16-14-12-10-6-2/h21-24,43-44H,5-20,25-40H2,1-4H3. The maximum Gasteiger partial charge on any atom is 0.161 e. The molecule has 0 rings (SSSR count). The monoisotopic (exact) mass is 659 g/mol. The van der Waals surface area contributed by atoms with Crippen LogP contribution in [0.4, 0.5) is 0 Å². The van der Waals surface area contributed by atoms with Gasteiger partial charge in [0.15, 0.2) is 11.6 Å². The van der Waals surface area contributed by atoms with Gasteiger partial charge in [0.05, 0.1) is 0 Å². The van der Waals surface area contributed by atoms with Crippen molar-refractivity contribution < 1.29 is 14.3 Å². The number of ether oxygens (including phenoxy) is 1. The van der Waals surface area contributed by atoms with Gasteiger partial charge in [-0.05, 0) is 77.0 Å². The van der Waals surface area contributed by atoms with Crippen molar-refractivity contribution in [3.8, 4) is 0 Å². The van der Waals surface area contributed by atoms with Gasteiger partial charge in [0, 0.05) is 12.8 Å². The first kappa shape index (κ1) is 45.8. The molecule has 0 saturated carbocycles. The van der Waals surface area contributed by atoms with Crippen LogP contribution in [-0.4, -0.2) is 23.8 Å². The number of hydrogen-bond acceptors (Lipinski definition) is 3. The number of carbonyl (C=O) groups excluding carboxylic acids is 2.